The first-order chi connectivity index (χ1) is 17.3. The van der Waals surface area contributed by atoms with Gasteiger partial charge in [0, 0.05) is 6.42 Å². The third-order valence-electron chi connectivity index (χ3n) is 5.74. The van der Waals surface area contributed by atoms with Crippen molar-refractivity contribution < 1.29 is 23.7 Å². The van der Waals surface area contributed by atoms with Crippen molar-refractivity contribution in [3.05, 3.63) is 101 Å². The molecule has 192 valence electrons. The van der Waals surface area contributed by atoms with E-state index in [4.69, 9.17) is 18.9 Å². The van der Waals surface area contributed by atoms with Gasteiger partial charge in [0.1, 0.15) is 18.1 Å². The molecule has 0 spiro atoms. The summed E-state index contributed by atoms with van der Waals surface area (Å²) in [5.74, 6) is 1.07. The van der Waals surface area contributed by atoms with Crippen LogP contribution in [-0.4, -0.2) is 31.9 Å². The van der Waals surface area contributed by atoms with E-state index in [0.29, 0.717) is 45.0 Å². The number of carbonyl (C=O) groups is 1. The number of hydrogen-bond donors (Lipinski definition) is 0. The fourth-order valence-corrected chi connectivity index (χ4v) is 3.71. The molecule has 0 N–H and O–H groups in total. The summed E-state index contributed by atoms with van der Waals surface area (Å²) < 4.78 is 22.9. The third-order valence-corrected chi connectivity index (χ3v) is 5.74. The van der Waals surface area contributed by atoms with E-state index < -0.39 is 6.10 Å². The predicted octanol–water partition coefficient (Wildman–Crippen LogP) is 6.69. The molecule has 2 aromatic carbocycles. The van der Waals surface area contributed by atoms with Crippen molar-refractivity contribution in [3.8, 4) is 5.75 Å². The minimum Gasteiger partial charge on any atom is -0.492 e. The highest BCUT2D eigenvalue weighted by Gasteiger charge is 2.23. The molecule has 0 heterocycles. The van der Waals surface area contributed by atoms with Crippen LogP contribution < -0.4 is 4.74 Å². The number of hydrogen-bond acceptors (Lipinski definition) is 5. The van der Waals surface area contributed by atoms with Crippen molar-refractivity contribution in [2.75, 3.05) is 19.8 Å². The van der Waals surface area contributed by atoms with Gasteiger partial charge in [0.2, 0.25) is 0 Å². The topological polar surface area (TPSA) is 54.0 Å². The fraction of sp³-hybridized carbons (Fsp3) is 0.387. The lowest BCUT2D eigenvalue weighted by atomic mass is 9.87. The van der Waals surface area contributed by atoms with Gasteiger partial charge in [-0.2, -0.15) is 0 Å². The molecule has 1 unspecified atom stereocenters. The molecule has 0 fully saturated rings. The molecule has 2 aromatic rings. The molecule has 1 atom stereocenters. The molecule has 0 saturated heterocycles. The second-order valence-corrected chi connectivity index (χ2v) is 9.68. The van der Waals surface area contributed by atoms with E-state index >= 15 is 0 Å². The molecule has 0 aromatic heterocycles. The Kier molecular flexibility index (Phi) is 10.4. The van der Waals surface area contributed by atoms with Gasteiger partial charge >= 0.3 is 5.97 Å². The Hall–Kier alpha value is -3.31. The molecule has 1 aliphatic carbocycles. The van der Waals surface area contributed by atoms with Gasteiger partial charge in [-0.15, -0.1) is 0 Å². The van der Waals surface area contributed by atoms with Gasteiger partial charge in [-0.1, -0.05) is 75.4 Å². The summed E-state index contributed by atoms with van der Waals surface area (Å²) in [4.78, 5) is 12.7. The quantitative estimate of drug-likeness (QED) is 0.245. The molecule has 0 aliphatic heterocycles. The van der Waals surface area contributed by atoms with Crippen LogP contribution in [0.15, 0.2) is 90.2 Å². The van der Waals surface area contributed by atoms with Gasteiger partial charge in [0.25, 0.3) is 0 Å². The Labute approximate surface area is 215 Å². The van der Waals surface area contributed by atoms with Crippen LogP contribution in [0.5, 0.6) is 5.75 Å². The second-order valence-electron chi connectivity index (χ2n) is 9.68. The Bertz CT molecular complexity index is 1040. The molecule has 0 radical (unpaired) electrons. The highest BCUT2D eigenvalue weighted by Crippen LogP contribution is 2.26. The van der Waals surface area contributed by atoms with Crippen molar-refractivity contribution in [2.24, 2.45) is 0 Å². The maximum absolute atomic E-state index is 12.7. The number of ether oxygens (including phenoxy) is 4. The van der Waals surface area contributed by atoms with E-state index in [9.17, 15) is 4.79 Å². The minimum atomic E-state index is -0.727. The number of carbonyl (C=O) groups excluding carboxylic acids is 1. The molecule has 36 heavy (non-hydrogen) atoms. The molecule has 5 nitrogen and oxygen atoms in total. The van der Waals surface area contributed by atoms with Crippen molar-refractivity contribution in [1.82, 2.24) is 0 Å². The highest BCUT2D eigenvalue weighted by molar-refractivity contribution is 5.75. The van der Waals surface area contributed by atoms with E-state index in [2.05, 4.69) is 26.8 Å². The van der Waals surface area contributed by atoms with Crippen LogP contribution in [0, 0.1) is 0 Å². The molecular weight excluding hydrogens is 452 g/mol. The summed E-state index contributed by atoms with van der Waals surface area (Å²) in [6, 6.07) is 18.0. The molecule has 0 saturated carbocycles. The summed E-state index contributed by atoms with van der Waals surface area (Å²) in [5.41, 5.74) is 3.40. The Morgan fingerprint density at radius 1 is 0.944 bits per heavy atom. The molecule has 0 bridgehead atoms. The maximum atomic E-state index is 12.7. The molecular formula is C31H38O5. The summed E-state index contributed by atoms with van der Waals surface area (Å²) in [5, 5.41) is 0. The normalized spacial score (nSPS) is 14.3. The average molecular weight is 491 g/mol. The van der Waals surface area contributed by atoms with Crippen LogP contribution in [-0.2, 0) is 31.0 Å². The van der Waals surface area contributed by atoms with Crippen LogP contribution in [0.1, 0.15) is 51.7 Å². The van der Waals surface area contributed by atoms with E-state index in [-0.39, 0.29) is 11.4 Å². The van der Waals surface area contributed by atoms with Crippen LogP contribution in [0.4, 0.5) is 0 Å². The van der Waals surface area contributed by atoms with E-state index in [0.717, 1.165) is 16.9 Å². The second kappa shape index (κ2) is 13.7. The van der Waals surface area contributed by atoms with Crippen molar-refractivity contribution >= 4 is 5.97 Å². The van der Waals surface area contributed by atoms with Gasteiger partial charge < -0.3 is 18.9 Å². The van der Waals surface area contributed by atoms with Crippen LogP contribution in [0.25, 0.3) is 0 Å². The first-order valence-electron chi connectivity index (χ1n) is 12.6. The SMILES string of the molecule is CCOC(=O)C(CC1=CCC=C(OCCOCc2ccccc2)C=C1)Oc1ccc(C(C)(C)C)cc1. The largest absolute Gasteiger partial charge is 0.492 e. The Morgan fingerprint density at radius 2 is 1.69 bits per heavy atom. The average Bonchev–Trinajstić information content (AvgIpc) is 3.09. The minimum absolute atomic E-state index is 0.0514. The van der Waals surface area contributed by atoms with Gasteiger partial charge in [-0.05, 0) is 59.7 Å². The predicted molar refractivity (Wildman–Crippen MR) is 143 cm³/mol. The zero-order valence-electron chi connectivity index (χ0n) is 21.9. The summed E-state index contributed by atoms with van der Waals surface area (Å²) in [6.07, 6.45) is 8.40. The lowest BCUT2D eigenvalue weighted by Gasteiger charge is -2.21. The van der Waals surface area contributed by atoms with Crippen LogP contribution in [0.2, 0.25) is 0 Å². The van der Waals surface area contributed by atoms with Gasteiger partial charge in [0.05, 0.1) is 19.8 Å². The zero-order valence-corrected chi connectivity index (χ0v) is 21.9. The maximum Gasteiger partial charge on any atom is 0.347 e. The molecule has 1 aliphatic rings. The van der Waals surface area contributed by atoms with Crippen LogP contribution >= 0.6 is 0 Å². The van der Waals surface area contributed by atoms with Gasteiger partial charge in [-0.3, -0.25) is 0 Å². The van der Waals surface area contributed by atoms with Crippen molar-refractivity contribution in [3.63, 3.8) is 0 Å². The first-order valence-corrected chi connectivity index (χ1v) is 12.6. The summed E-state index contributed by atoms with van der Waals surface area (Å²) >= 11 is 0. The molecule has 5 heteroatoms. The van der Waals surface area contributed by atoms with Gasteiger partial charge in [0.15, 0.2) is 6.10 Å². The summed E-state index contributed by atoms with van der Waals surface area (Å²) in [6.45, 7) is 10.2. The Morgan fingerprint density at radius 3 is 2.39 bits per heavy atom. The zero-order chi connectivity index (χ0) is 25.8. The van der Waals surface area contributed by atoms with Crippen LogP contribution in [0.3, 0.4) is 0 Å². The monoisotopic (exact) mass is 490 g/mol. The smallest absolute Gasteiger partial charge is 0.347 e. The van der Waals surface area contributed by atoms with Crippen molar-refractivity contribution in [2.45, 2.75) is 58.7 Å². The van der Waals surface area contributed by atoms with E-state index in [1.807, 2.05) is 72.8 Å². The van der Waals surface area contributed by atoms with Crippen molar-refractivity contribution in [1.29, 1.82) is 0 Å². The first kappa shape index (κ1) is 27.3. The summed E-state index contributed by atoms with van der Waals surface area (Å²) in [7, 11) is 0. The third kappa shape index (κ3) is 9.04. The van der Waals surface area contributed by atoms with E-state index in [1.54, 1.807) is 6.92 Å². The van der Waals surface area contributed by atoms with E-state index in [1.165, 1.54) is 5.56 Å². The lowest BCUT2D eigenvalue weighted by molar-refractivity contribution is -0.151. The van der Waals surface area contributed by atoms with Gasteiger partial charge in [-0.25, -0.2) is 4.79 Å². The fourth-order valence-electron chi connectivity index (χ4n) is 3.71. The number of rotatable bonds is 12. The molecule has 0 amide bonds. The Balaban J connectivity index is 1.51. The standard InChI is InChI=1S/C31H38O5/c1-5-34-30(32)29(36-28-18-15-26(16-19-28)31(2,3)4)22-24-12-9-13-27(17-14-24)35-21-20-33-23-25-10-7-6-8-11-25/h6-8,10-19,29H,5,9,20-23H2,1-4H3. The highest BCUT2D eigenvalue weighted by atomic mass is 16.6. The number of allylic oxidation sites excluding steroid dienone is 4. The number of benzene rings is 2. The lowest BCUT2D eigenvalue weighted by Crippen LogP contribution is -2.30. The number of esters is 1. The molecule has 3 rings (SSSR count).